The van der Waals surface area contributed by atoms with E-state index in [1.807, 2.05) is 37.4 Å². The molecule has 1 unspecified atom stereocenters. The number of anilines is 1. The lowest BCUT2D eigenvalue weighted by molar-refractivity contribution is -0.123. The first-order valence-corrected chi connectivity index (χ1v) is 14.4. The van der Waals surface area contributed by atoms with Gasteiger partial charge < -0.3 is 4.74 Å². The van der Waals surface area contributed by atoms with Crippen LogP contribution in [-0.2, 0) is 21.4 Å². The lowest BCUT2D eigenvalue weighted by Crippen LogP contribution is -2.47. The number of aromatic nitrogens is 3. The Morgan fingerprint density at radius 1 is 1.22 bits per heavy atom. The Kier molecular flexibility index (Phi) is 7.27. The Hall–Kier alpha value is -3.28. The molecule has 0 N–H and O–H groups in total. The lowest BCUT2D eigenvalue weighted by atomic mass is 9.98. The summed E-state index contributed by atoms with van der Waals surface area (Å²) in [4.78, 5) is 20.6. The number of fused-ring (bicyclic) bond motifs is 1. The summed E-state index contributed by atoms with van der Waals surface area (Å²) >= 11 is 1.42. The van der Waals surface area contributed by atoms with E-state index in [-0.39, 0.29) is 17.3 Å². The van der Waals surface area contributed by atoms with Gasteiger partial charge >= 0.3 is 0 Å². The zero-order valence-electron chi connectivity index (χ0n) is 20.8. The van der Waals surface area contributed by atoms with Gasteiger partial charge in [0.1, 0.15) is 5.75 Å². The van der Waals surface area contributed by atoms with E-state index in [0.717, 1.165) is 21.5 Å². The third-order valence-corrected chi connectivity index (χ3v) is 9.51. The average Bonchev–Trinajstić information content (AvgIpc) is 3.58. The molecule has 194 valence electrons. The van der Waals surface area contributed by atoms with Crippen molar-refractivity contribution in [2.45, 2.75) is 31.2 Å². The predicted molar refractivity (Wildman–Crippen MR) is 143 cm³/mol. The summed E-state index contributed by atoms with van der Waals surface area (Å²) in [6.07, 6.45) is 4.79. The Morgan fingerprint density at radius 2 is 2.03 bits per heavy atom. The fourth-order valence-corrected chi connectivity index (χ4v) is 7.06. The fraction of sp³-hybridized carbons (Fsp3) is 0.346. The van der Waals surface area contributed by atoms with Gasteiger partial charge in [0.25, 0.3) is 0 Å². The number of thiazole rings is 1. The molecule has 4 aromatic rings. The van der Waals surface area contributed by atoms with Gasteiger partial charge in [0.05, 0.1) is 34.7 Å². The van der Waals surface area contributed by atoms with Crippen LogP contribution in [0.2, 0.25) is 0 Å². The molecule has 37 heavy (non-hydrogen) atoms. The molecule has 2 aromatic carbocycles. The maximum Gasteiger partial charge on any atom is 0.243 e. The van der Waals surface area contributed by atoms with Crippen LogP contribution in [0, 0.1) is 12.8 Å². The van der Waals surface area contributed by atoms with Gasteiger partial charge in [0, 0.05) is 32.0 Å². The molecule has 1 saturated heterocycles. The van der Waals surface area contributed by atoms with Crippen LogP contribution in [-0.4, -0.2) is 60.1 Å². The summed E-state index contributed by atoms with van der Waals surface area (Å²) in [6.45, 7) is 3.33. The minimum Gasteiger partial charge on any atom is -0.497 e. The number of hydrogen-bond acceptors (Lipinski definition) is 7. The number of methoxy groups -OCH3 is 1. The van der Waals surface area contributed by atoms with Crippen LogP contribution in [0.25, 0.3) is 10.2 Å². The van der Waals surface area contributed by atoms with Gasteiger partial charge in [-0.2, -0.15) is 9.40 Å². The Labute approximate surface area is 220 Å². The van der Waals surface area contributed by atoms with Gasteiger partial charge in [0.15, 0.2) is 5.13 Å². The van der Waals surface area contributed by atoms with Crippen molar-refractivity contribution in [3.05, 3.63) is 66.5 Å². The second kappa shape index (κ2) is 10.6. The SMILES string of the molecule is COc1ccc2nc(N(CCn3cccn3)C(=O)C3CCCN(S(=O)(=O)c4ccc(C)cc4)C3)sc2c1. The number of nitrogens with zero attached hydrogens (tertiary/aromatic N) is 5. The van der Waals surface area contributed by atoms with E-state index >= 15 is 0 Å². The number of benzene rings is 2. The van der Waals surface area contributed by atoms with Crippen molar-refractivity contribution in [2.24, 2.45) is 5.92 Å². The maximum atomic E-state index is 13.9. The Balaban J connectivity index is 1.41. The van der Waals surface area contributed by atoms with Crippen molar-refractivity contribution in [2.75, 3.05) is 31.6 Å². The molecule has 1 fully saturated rings. The number of aryl methyl sites for hydroxylation is 1. The first-order valence-electron chi connectivity index (χ1n) is 12.2. The number of carbonyl (C=O) groups is 1. The van der Waals surface area contributed by atoms with Crippen molar-refractivity contribution in [1.82, 2.24) is 19.1 Å². The van der Waals surface area contributed by atoms with Crippen molar-refractivity contribution in [3.63, 3.8) is 0 Å². The van der Waals surface area contributed by atoms with Gasteiger partial charge in [-0.3, -0.25) is 14.4 Å². The fourth-order valence-electron chi connectivity index (χ4n) is 4.51. The van der Waals surface area contributed by atoms with E-state index in [0.29, 0.717) is 37.6 Å². The predicted octanol–water partition coefficient (Wildman–Crippen LogP) is 3.94. The van der Waals surface area contributed by atoms with E-state index in [1.165, 1.54) is 15.6 Å². The minimum absolute atomic E-state index is 0.123. The monoisotopic (exact) mass is 539 g/mol. The van der Waals surface area contributed by atoms with E-state index in [1.54, 1.807) is 47.2 Å². The van der Waals surface area contributed by atoms with Crippen molar-refractivity contribution < 1.29 is 17.9 Å². The van der Waals surface area contributed by atoms with Crippen LogP contribution >= 0.6 is 11.3 Å². The molecule has 0 radical (unpaired) electrons. The molecule has 1 aliphatic heterocycles. The third kappa shape index (κ3) is 5.39. The molecule has 0 bridgehead atoms. The quantitative estimate of drug-likeness (QED) is 0.336. The van der Waals surface area contributed by atoms with Gasteiger partial charge in [-0.25, -0.2) is 13.4 Å². The van der Waals surface area contributed by atoms with Gasteiger partial charge in [0.2, 0.25) is 15.9 Å². The number of amides is 1. The highest BCUT2D eigenvalue weighted by Crippen LogP contribution is 2.33. The standard InChI is InChI=1S/C26H29N5O4S2/c1-19-6-9-22(10-7-19)37(33,34)30-14-3-5-20(18-30)25(32)31(16-15-29-13-4-12-27-29)26-28-23-11-8-21(35-2)17-24(23)36-26/h4,6-13,17,20H,3,5,14-16,18H2,1-2H3. The van der Waals surface area contributed by atoms with Crippen LogP contribution in [0.4, 0.5) is 5.13 Å². The molecule has 1 atom stereocenters. The highest BCUT2D eigenvalue weighted by atomic mass is 32.2. The molecule has 3 heterocycles. The number of piperidine rings is 1. The van der Waals surface area contributed by atoms with Gasteiger partial charge in [-0.15, -0.1) is 0 Å². The van der Waals surface area contributed by atoms with Crippen LogP contribution in [0.15, 0.2) is 65.8 Å². The highest BCUT2D eigenvalue weighted by molar-refractivity contribution is 7.89. The molecule has 1 amide bonds. The maximum absolute atomic E-state index is 13.9. The van der Waals surface area contributed by atoms with Crippen molar-refractivity contribution >= 4 is 42.6 Å². The summed E-state index contributed by atoms with van der Waals surface area (Å²) < 4.78 is 36.1. The minimum atomic E-state index is -3.69. The summed E-state index contributed by atoms with van der Waals surface area (Å²) in [5, 5.41) is 4.84. The summed E-state index contributed by atoms with van der Waals surface area (Å²) in [7, 11) is -2.08. The second-order valence-electron chi connectivity index (χ2n) is 9.10. The summed E-state index contributed by atoms with van der Waals surface area (Å²) in [5.41, 5.74) is 1.77. The smallest absolute Gasteiger partial charge is 0.243 e. The molecule has 0 spiro atoms. The van der Waals surface area contributed by atoms with E-state index in [9.17, 15) is 13.2 Å². The molecule has 0 saturated carbocycles. The second-order valence-corrected chi connectivity index (χ2v) is 12.1. The van der Waals surface area contributed by atoms with Crippen molar-refractivity contribution in [1.29, 1.82) is 0 Å². The van der Waals surface area contributed by atoms with Crippen molar-refractivity contribution in [3.8, 4) is 5.75 Å². The van der Waals surface area contributed by atoms with Crippen LogP contribution in [0.5, 0.6) is 5.75 Å². The van der Waals surface area contributed by atoms with Gasteiger partial charge in [-0.1, -0.05) is 29.0 Å². The molecule has 5 rings (SSSR count). The lowest BCUT2D eigenvalue weighted by Gasteiger charge is -2.33. The van der Waals surface area contributed by atoms with E-state index in [2.05, 4.69) is 5.10 Å². The molecule has 0 aliphatic carbocycles. The Morgan fingerprint density at radius 3 is 2.76 bits per heavy atom. The number of carbonyl (C=O) groups excluding carboxylic acids is 1. The van der Waals surface area contributed by atoms with Crippen LogP contribution in [0.1, 0.15) is 18.4 Å². The third-order valence-electron chi connectivity index (χ3n) is 6.59. The van der Waals surface area contributed by atoms with Crippen LogP contribution < -0.4 is 9.64 Å². The van der Waals surface area contributed by atoms with E-state index < -0.39 is 15.9 Å². The summed E-state index contributed by atoms with van der Waals surface area (Å²) in [6, 6.07) is 14.3. The highest BCUT2D eigenvalue weighted by Gasteiger charge is 2.36. The number of sulfonamides is 1. The van der Waals surface area contributed by atoms with Crippen LogP contribution in [0.3, 0.4) is 0 Å². The normalized spacial score (nSPS) is 16.6. The first-order chi connectivity index (χ1) is 17.8. The number of rotatable bonds is 8. The molecular weight excluding hydrogens is 510 g/mol. The Bertz CT molecular complexity index is 1480. The molecule has 11 heteroatoms. The van der Waals surface area contributed by atoms with E-state index in [4.69, 9.17) is 9.72 Å². The first kappa shape index (κ1) is 25.4. The number of hydrogen-bond donors (Lipinski definition) is 0. The zero-order chi connectivity index (χ0) is 26.0. The number of ether oxygens (including phenoxy) is 1. The largest absolute Gasteiger partial charge is 0.497 e. The molecular formula is C26H29N5O4S2. The average molecular weight is 540 g/mol. The molecule has 1 aliphatic rings. The topological polar surface area (TPSA) is 97.6 Å². The molecule has 9 nitrogen and oxygen atoms in total. The zero-order valence-corrected chi connectivity index (χ0v) is 22.4. The van der Waals surface area contributed by atoms with Gasteiger partial charge in [-0.05, 0) is 56.2 Å². The molecule has 2 aromatic heterocycles. The summed E-state index contributed by atoms with van der Waals surface area (Å²) in [5.74, 6) is 0.136.